The summed E-state index contributed by atoms with van der Waals surface area (Å²) >= 11 is 0. The van der Waals surface area contributed by atoms with Gasteiger partial charge in [-0.25, -0.2) is 0 Å². The van der Waals surface area contributed by atoms with Crippen LogP contribution in [0.5, 0.6) is 5.75 Å². The minimum absolute atomic E-state index is 0.377. The zero-order valence-electron chi connectivity index (χ0n) is 9.22. The Hall–Kier alpha value is -2.20. The van der Waals surface area contributed by atoms with E-state index >= 15 is 0 Å². The number of ether oxygens (including phenoxy) is 1. The van der Waals surface area contributed by atoms with Gasteiger partial charge in [0.05, 0.1) is 6.42 Å². The molecule has 0 fully saturated rings. The van der Waals surface area contributed by atoms with Gasteiger partial charge in [0.1, 0.15) is 0 Å². The summed E-state index contributed by atoms with van der Waals surface area (Å²) in [5.74, 6) is -3.64. The van der Waals surface area contributed by atoms with Gasteiger partial charge in [-0.2, -0.15) is 13.2 Å². The van der Waals surface area contributed by atoms with Gasteiger partial charge >= 0.3 is 18.5 Å². The van der Waals surface area contributed by atoms with Crippen LogP contribution < -0.4 is 10.2 Å². The van der Waals surface area contributed by atoms with Crippen molar-refractivity contribution < 1.29 is 41.0 Å². The Morgan fingerprint density at radius 2 is 1.80 bits per heavy atom. The molecule has 0 amide bonds. The number of rotatable bonds is 3. The smallest absolute Gasteiger partial charge is 0.481 e. The van der Waals surface area contributed by atoms with Gasteiger partial charge in [-0.15, -0.1) is 13.2 Å². The topological polar surface area (TPSA) is 79.4 Å². The third-order valence-electron chi connectivity index (χ3n) is 1.96. The van der Waals surface area contributed by atoms with Gasteiger partial charge in [0.15, 0.2) is 5.69 Å². The van der Waals surface area contributed by atoms with Crippen LogP contribution in [0.3, 0.4) is 0 Å². The molecular weight excluding hydrogens is 300 g/mol. The molecule has 1 rings (SSSR count). The zero-order chi connectivity index (χ0) is 15.7. The summed E-state index contributed by atoms with van der Waals surface area (Å²) in [6, 6.07) is 0. The highest BCUT2D eigenvalue weighted by molar-refractivity contribution is 5.70. The van der Waals surface area contributed by atoms with Crippen LogP contribution in [-0.4, -0.2) is 22.4 Å². The normalized spacial score (nSPS) is 12.3. The molecule has 5 nitrogen and oxygen atoms in total. The lowest BCUT2D eigenvalue weighted by molar-refractivity contribution is -0.277. The number of pyridine rings is 1. The van der Waals surface area contributed by atoms with Crippen LogP contribution >= 0.6 is 0 Å². The molecular formula is C9H5F6NO4. The monoisotopic (exact) mass is 305 g/mol. The summed E-state index contributed by atoms with van der Waals surface area (Å²) in [5, 5.41) is 8.41. The molecule has 2 N–H and O–H groups in total. The fourth-order valence-electron chi connectivity index (χ4n) is 1.27. The second kappa shape index (κ2) is 5.06. The van der Waals surface area contributed by atoms with Crippen LogP contribution in [0.15, 0.2) is 11.0 Å². The van der Waals surface area contributed by atoms with E-state index in [0.29, 0.717) is 6.20 Å². The highest BCUT2D eigenvalue weighted by Crippen LogP contribution is 2.34. The predicted molar refractivity (Wildman–Crippen MR) is 50.1 cm³/mol. The lowest BCUT2D eigenvalue weighted by atomic mass is 10.1. The third kappa shape index (κ3) is 3.90. The molecule has 1 aromatic heterocycles. The number of halogens is 6. The van der Waals surface area contributed by atoms with Gasteiger partial charge in [0.2, 0.25) is 11.2 Å². The van der Waals surface area contributed by atoms with E-state index in [4.69, 9.17) is 5.11 Å². The number of alkyl halides is 6. The minimum Gasteiger partial charge on any atom is -0.481 e. The quantitative estimate of drug-likeness (QED) is 0.836. The molecule has 0 aliphatic heterocycles. The third-order valence-corrected chi connectivity index (χ3v) is 1.96. The first kappa shape index (κ1) is 15.9. The van der Waals surface area contributed by atoms with Crippen molar-refractivity contribution in [2.24, 2.45) is 0 Å². The number of aromatic nitrogens is 1. The summed E-state index contributed by atoms with van der Waals surface area (Å²) < 4.78 is 76.5. The van der Waals surface area contributed by atoms with E-state index in [0.717, 1.165) is 0 Å². The van der Waals surface area contributed by atoms with Gasteiger partial charge in [-0.05, 0) is 0 Å². The number of carboxylic acids is 1. The molecule has 112 valence electrons. The second-order valence-corrected chi connectivity index (χ2v) is 3.46. The summed E-state index contributed by atoms with van der Waals surface area (Å²) in [6.07, 6.45) is -11.5. The largest absolute Gasteiger partial charge is 0.573 e. The van der Waals surface area contributed by atoms with Crippen molar-refractivity contribution in [3.63, 3.8) is 0 Å². The van der Waals surface area contributed by atoms with Gasteiger partial charge in [0.25, 0.3) is 0 Å². The first-order valence-electron chi connectivity index (χ1n) is 4.71. The van der Waals surface area contributed by atoms with Crippen molar-refractivity contribution in [2.75, 3.05) is 0 Å². The van der Waals surface area contributed by atoms with Gasteiger partial charge in [-0.3, -0.25) is 9.59 Å². The molecule has 0 atom stereocenters. The molecule has 0 saturated heterocycles. The Balaban J connectivity index is 3.46. The maximum Gasteiger partial charge on any atom is 0.573 e. The van der Waals surface area contributed by atoms with E-state index in [2.05, 4.69) is 4.74 Å². The fourth-order valence-corrected chi connectivity index (χ4v) is 1.27. The summed E-state index contributed by atoms with van der Waals surface area (Å²) in [4.78, 5) is 23.2. The number of H-pyrrole nitrogens is 1. The average Bonchev–Trinajstić information content (AvgIpc) is 2.19. The average molecular weight is 305 g/mol. The zero-order valence-corrected chi connectivity index (χ0v) is 9.22. The molecule has 20 heavy (non-hydrogen) atoms. The van der Waals surface area contributed by atoms with Crippen molar-refractivity contribution >= 4 is 5.97 Å². The Labute approximate surface area is 105 Å². The predicted octanol–water partition coefficient (Wildman–Crippen LogP) is 1.92. The van der Waals surface area contributed by atoms with E-state index in [9.17, 15) is 35.9 Å². The van der Waals surface area contributed by atoms with Crippen LogP contribution in [0.25, 0.3) is 0 Å². The molecule has 0 spiro atoms. The SMILES string of the molecule is O=C(O)Cc1c[nH]c(C(F)(F)F)c(OC(F)(F)F)c1=O. The Kier molecular flexibility index (Phi) is 4.01. The lowest BCUT2D eigenvalue weighted by Gasteiger charge is -2.15. The molecule has 0 aliphatic rings. The number of nitrogens with one attached hydrogen (secondary N) is 1. The molecule has 0 radical (unpaired) electrons. The molecule has 0 unspecified atom stereocenters. The van der Waals surface area contributed by atoms with E-state index in [1.807, 2.05) is 0 Å². The van der Waals surface area contributed by atoms with Crippen LogP contribution in [-0.2, 0) is 17.4 Å². The Morgan fingerprint density at radius 3 is 2.20 bits per heavy atom. The van der Waals surface area contributed by atoms with Gasteiger partial charge in [-0.1, -0.05) is 0 Å². The maximum atomic E-state index is 12.5. The van der Waals surface area contributed by atoms with E-state index in [-0.39, 0.29) is 0 Å². The summed E-state index contributed by atoms with van der Waals surface area (Å²) in [6.45, 7) is 0. The number of aromatic amines is 1. The van der Waals surface area contributed by atoms with Crippen molar-refractivity contribution in [1.29, 1.82) is 0 Å². The van der Waals surface area contributed by atoms with Crippen LogP contribution in [0.4, 0.5) is 26.3 Å². The Bertz CT molecular complexity index is 573. The van der Waals surface area contributed by atoms with Crippen molar-refractivity contribution in [2.45, 2.75) is 19.0 Å². The van der Waals surface area contributed by atoms with Crippen LogP contribution in [0.1, 0.15) is 11.3 Å². The molecule has 0 aliphatic carbocycles. The number of carbonyl (C=O) groups is 1. The minimum atomic E-state index is -5.53. The van der Waals surface area contributed by atoms with Crippen LogP contribution in [0.2, 0.25) is 0 Å². The van der Waals surface area contributed by atoms with Crippen molar-refractivity contribution in [3.05, 3.63) is 27.7 Å². The number of carboxylic acid groups (broad SMARTS) is 1. The maximum absolute atomic E-state index is 12.5. The molecule has 0 bridgehead atoms. The Morgan fingerprint density at radius 1 is 1.25 bits per heavy atom. The fraction of sp³-hybridized carbons (Fsp3) is 0.333. The first-order valence-corrected chi connectivity index (χ1v) is 4.71. The number of aliphatic carboxylic acids is 1. The van der Waals surface area contributed by atoms with Crippen molar-refractivity contribution in [3.8, 4) is 5.75 Å². The number of hydrogen-bond donors (Lipinski definition) is 2. The molecule has 0 aromatic carbocycles. The standard InChI is InChI=1S/C9H5F6NO4/c10-8(11,12)7-6(20-9(13,14)15)5(19)3(2-16-7)1-4(17)18/h2H,1H2,(H,16,19)(H,17,18). The molecule has 11 heteroatoms. The van der Waals surface area contributed by atoms with Gasteiger partial charge < -0.3 is 14.8 Å². The van der Waals surface area contributed by atoms with Crippen molar-refractivity contribution in [1.82, 2.24) is 4.98 Å². The highest BCUT2D eigenvalue weighted by Gasteiger charge is 2.42. The summed E-state index contributed by atoms with van der Waals surface area (Å²) in [5.41, 5.74) is -4.64. The highest BCUT2D eigenvalue weighted by atomic mass is 19.4. The number of hydrogen-bond acceptors (Lipinski definition) is 3. The summed E-state index contributed by atoms with van der Waals surface area (Å²) in [7, 11) is 0. The van der Waals surface area contributed by atoms with E-state index < -0.39 is 47.4 Å². The first-order chi connectivity index (χ1) is 8.92. The molecule has 1 aromatic rings. The lowest BCUT2D eigenvalue weighted by Crippen LogP contribution is -2.28. The van der Waals surface area contributed by atoms with Gasteiger partial charge in [0, 0.05) is 11.8 Å². The molecule has 0 saturated carbocycles. The van der Waals surface area contributed by atoms with E-state index in [1.54, 1.807) is 0 Å². The van der Waals surface area contributed by atoms with E-state index in [1.165, 1.54) is 4.98 Å². The molecule has 1 heterocycles. The second-order valence-electron chi connectivity index (χ2n) is 3.46. The van der Waals surface area contributed by atoms with Crippen LogP contribution in [0, 0.1) is 0 Å².